The van der Waals surface area contributed by atoms with Crippen LogP contribution in [0.25, 0.3) is 0 Å². The molecule has 0 aliphatic rings. The van der Waals surface area contributed by atoms with Gasteiger partial charge in [0.15, 0.2) is 6.10 Å². The van der Waals surface area contributed by atoms with Gasteiger partial charge in [-0.25, -0.2) is 13.1 Å². The molecule has 118 valence electrons. The third-order valence-corrected chi connectivity index (χ3v) is 4.20. The minimum atomic E-state index is -3.46. The van der Waals surface area contributed by atoms with Crippen LogP contribution in [-0.2, 0) is 14.8 Å². The zero-order valence-corrected chi connectivity index (χ0v) is 13.5. The Morgan fingerprint density at radius 3 is 2.24 bits per heavy atom. The molecule has 0 spiro atoms. The molecular formula is C14H22N2O4S. The first-order valence-corrected chi connectivity index (χ1v) is 8.22. The molecule has 0 fully saturated rings. The molecule has 0 aromatic heterocycles. The zero-order valence-electron chi connectivity index (χ0n) is 12.7. The maximum atomic E-state index is 11.8. The summed E-state index contributed by atoms with van der Waals surface area (Å²) < 4.78 is 30.9. The molecule has 0 heterocycles. The number of rotatable bonds is 7. The molecule has 1 rings (SSSR count). The van der Waals surface area contributed by atoms with Crippen LogP contribution in [0, 0.1) is 5.92 Å². The standard InChI is InChI=1S/C14H22N2O4S/c1-10(2)9-16-14(17)11(3)20-12-5-7-13(8-6-12)21(18,19)15-4/h5-8,10-11,15H,9H2,1-4H3,(H,16,17)/t11-/m0/s1. The van der Waals surface area contributed by atoms with E-state index in [4.69, 9.17) is 4.74 Å². The Hall–Kier alpha value is -1.60. The van der Waals surface area contributed by atoms with Crippen molar-refractivity contribution >= 4 is 15.9 Å². The number of carbonyl (C=O) groups is 1. The average Bonchev–Trinajstić information content (AvgIpc) is 2.45. The summed E-state index contributed by atoms with van der Waals surface area (Å²) in [7, 11) is -2.11. The molecule has 0 saturated carbocycles. The van der Waals surface area contributed by atoms with Gasteiger partial charge in [-0.1, -0.05) is 13.8 Å². The van der Waals surface area contributed by atoms with Crippen molar-refractivity contribution in [3.63, 3.8) is 0 Å². The fraction of sp³-hybridized carbons (Fsp3) is 0.500. The minimum absolute atomic E-state index is 0.147. The van der Waals surface area contributed by atoms with Crippen molar-refractivity contribution in [1.82, 2.24) is 10.0 Å². The maximum absolute atomic E-state index is 11.8. The number of hydrogen-bond donors (Lipinski definition) is 2. The zero-order chi connectivity index (χ0) is 16.0. The number of amides is 1. The van der Waals surface area contributed by atoms with E-state index in [1.165, 1.54) is 31.3 Å². The summed E-state index contributed by atoms with van der Waals surface area (Å²) in [4.78, 5) is 11.9. The second kappa shape index (κ2) is 7.42. The lowest BCUT2D eigenvalue weighted by Crippen LogP contribution is -2.38. The van der Waals surface area contributed by atoms with Crippen LogP contribution in [0.1, 0.15) is 20.8 Å². The molecule has 0 unspecified atom stereocenters. The number of benzene rings is 1. The van der Waals surface area contributed by atoms with E-state index in [9.17, 15) is 13.2 Å². The monoisotopic (exact) mass is 314 g/mol. The van der Waals surface area contributed by atoms with E-state index in [0.29, 0.717) is 18.2 Å². The fourth-order valence-corrected chi connectivity index (χ4v) is 2.25. The Kier molecular flexibility index (Phi) is 6.17. The lowest BCUT2D eigenvalue weighted by molar-refractivity contribution is -0.127. The Morgan fingerprint density at radius 1 is 1.19 bits per heavy atom. The summed E-state index contributed by atoms with van der Waals surface area (Å²) in [5.41, 5.74) is 0. The van der Waals surface area contributed by atoms with E-state index in [1.54, 1.807) is 6.92 Å². The van der Waals surface area contributed by atoms with Crippen LogP contribution < -0.4 is 14.8 Å². The lowest BCUT2D eigenvalue weighted by atomic mass is 10.2. The quantitative estimate of drug-likeness (QED) is 0.790. The Balaban J connectivity index is 2.65. The number of nitrogens with one attached hydrogen (secondary N) is 2. The van der Waals surface area contributed by atoms with Crippen LogP contribution in [0.4, 0.5) is 0 Å². The SMILES string of the molecule is CNS(=O)(=O)c1ccc(O[C@@H](C)C(=O)NCC(C)C)cc1. The predicted octanol–water partition coefficient (Wildman–Crippen LogP) is 1.13. The smallest absolute Gasteiger partial charge is 0.260 e. The summed E-state index contributed by atoms with van der Waals surface area (Å²) in [5, 5.41) is 2.78. The van der Waals surface area contributed by atoms with Crippen molar-refractivity contribution in [2.24, 2.45) is 5.92 Å². The largest absolute Gasteiger partial charge is 0.481 e. The second-order valence-corrected chi connectivity index (χ2v) is 6.96. The van der Waals surface area contributed by atoms with E-state index < -0.39 is 16.1 Å². The highest BCUT2D eigenvalue weighted by Gasteiger charge is 2.15. The molecule has 7 heteroatoms. The molecule has 1 aromatic rings. The van der Waals surface area contributed by atoms with E-state index >= 15 is 0 Å². The third-order valence-electron chi connectivity index (χ3n) is 2.77. The van der Waals surface area contributed by atoms with E-state index in [-0.39, 0.29) is 10.8 Å². The molecule has 0 saturated heterocycles. The van der Waals surface area contributed by atoms with Gasteiger partial charge in [0.2, 0.25) is 10.0 Å². The van der Waals surface area contributed by atoms with Gasteiger partial charge in [-0.15, -0.1) is 0 Å². The van der Waals surface area contributed by atoms with Crippen LogP contribution >= 0.6 is 0 Å². The highest BCUT2D eigenvalue weighted by Crippen LogP contribution is 2.16. The van der Waals surface area contributed by atoms with Crippen LogP contribution in [0.15, 0.2) is 29.2 Å². The summed E-state index contributed by atoms with van der Waals surface area (Å²) in [6.45, 7) is 6.25. The normalized spacial score (nSPS) is 13.0. The Bertz CT molecular complexity index is 567. The highest BCUT2D eigenvalue weighted by atomic mass is 32.2. The molecule has 2 N–H and O–H groups in total. The van der Waals surface area contributed by atoms with Gasteiger partial charge in [0, 0.05) is 6.54 Å². The lowest BCUT2D eigenvalue weighted by Gasteiger charge is -2.15. The van der Waals surface area contributed by atoms with Crippen molar-refractivity contribution in [2.75, 3.05) is 13.6 Å². The first-order chi connectivity index (χ1) is 9.76. The first kappa shape index (κ1) is 17.5. The first-order valence-electron chi connectivity index (χ1n) is 6.74. The van der Waals surface area contributed by atoms with Crippen LogP contribution in [0.3, 0.4) is 0 Å². The summed E-state index contributed by atoms with van der Waals surface area (Å²) in [6.07, 6.45) is -0.643. The van der Waals surface area contributed by atoms with E-state index in [2.05, 4.69) is 10.0 Å². The van der Waals surface area contributed by atoms with Crippen molar-refractivity contribution in [3.05, 3.63) is 24.3 Å². The number of ether oxygens (including phenoxy) is 1. The van der Waals surface area contributed by atoms with Gasteiger partial charge >= 0.3 is 0 Å². The van der Waals surface area contributed by atoms with E-state index in [0.717, 1.165) is 0 Å². The van der Waals surface area contributed by atoms with Gasteiger partial charge in [0.25, 0.3) is 5.91 Å². The van der Waals surface area contributed by atoms with Crippen LogP contribution in [0.5, 0.6) is 5.75 Å². The van der Waals surface area contributed by atoms with Crippen molar-refractivity contribution in [2.45, 2.75) is 31.8 Å². The predicted molar refractivity (Wildman–Crippen MR) is 80.6 cm³/mol. The summed E-state index contributed by atoms with van der Waals surface area (Å²) >= 11 is 0. The number of sulfonamides is 1. The van der Waals surface area contributed by atoms with Crippen LogP contribution in [0.2, 0.25) is 0 Å². The van der Waals surface area contributed by atoms with Crippen molar-refractivity contribution < 1.29 is 17.9 Å². The second-order valence-electron chi connectivity index (χ2n) is 5.08. The van der Waals surface area contributed by atoms with Gasteiger partial charge in [-0.05, 0) is 44.2 Å². The topological polar surface area (TPSA) is 84.5 Å². The molecule has 6 nitrogen and oxygen atoms in total. The Morgan fingerprint density at radius 2 is 1.76 bits per heavy atom. The maximum Gasteiger partial charge on any atom is 0.260 e. The molecule has 0 bridgehead atoms. The number of hydrogen-bond acceptors (Lipinski definition) is 4. The summed E-state index contributed by atoms with van der Waals surface area (Å²) in [5.74, 6) is 0.611. The van der Waals surface area contributed by atoms with E-state index in [1.807, 2.05) is 13.8 Å². The van der Waals surface area contributed by atoms with Crippen LogP contribution in [-0.4, -0.2) is 34.0 Å². The highest BCUT2D eigenvalue weighted by molar-refractivity contribution is 7.89. The molecule has 21 heavy (non-hydrogen) atoms. The van der Waals surface area contributed by atoms with Gasteiger partial charge in [-0.3, -0.25) is 4.79 Å². The molecule has 0 aliphatic heterocycles. The molecule has 1 atom stereocenters. The van der Waals surface area contributed by atoms with Gasteiger partial charge in [0.05, 0.1) is 4.90 Å². The molecule has 1 aromatic carbocycles. The molecular weight excluding hydrogens is 292 g/mol. The van der Waals surface area contributed by atoms with Gasteiger partial charge in [0.1, 0.15) is 5.75 Å². The molecule has 0 aliphatic carbocycles. The van der Waals surface area contributed by atoms with Gasteiger partial charge < -0.3 is 10.1 Å². The molecule has 0 radical (unpaired) electrons. The Labute approximate surface area is 125 Å². The van der Waals surface area contributed by atoms with Crippen molar-refractivity contribution in [1.29, 1.82) is 0 Å². The average molecular weight is 314 g/mol. The van der Waals surface area contributed by atoms with Gasteiger partial charge in [-0.2, -0.15) is 0 Å². The third kappa shape index (κ3) is 5.35. The minimum Gasteiger partial charge on any atom is -0.481 e. The summed E-state index contributed by atoms with van der Waals surface area (Å²) in [6, 6.07) is 5.91. The number of carbonyl (C=O) groups excluding carboxylic acids is 1. The fourth-order valence-electron chi connectivity index (χ4n) is 1.52. The van der Waals surface area contributed by atoms with Crippen molar-refractivity contribution in [3.8, 4) is 5.75 Å². The molecule has 1 amide bonds.